The zero-order chi connectivity index (χ0) is 15.6. The van der Waals surface area contributed by atoms with E-state index in [9.17, 15) is 14.3 Å². The molecule has 2 rings (SSSR count). The van der Waals surface area contributed by atoms with E-state index in [-0.39, 0.29) is 18.1 Å². The number of halogens is 1. The van der Waals surface area contributed by atoms with Crippen LogP contribution in [0.1, 0.15) is 17.0 Å². The van der Waals surface area contributed by atoms with Gasteiger partial charge in [0.15, 0.2) is 5.75 Å². The van der Waals surface area contributed by atoms with Crippen molar-refractivity contribution in [3.63, 3.8) is 0 Å². The summed E-state index contributed by atoms with van der Waals surface area (Å²) in [5, 5.41) is 10.0. The Bertz CT molecular complexity index is 708. The summed E-state index contributed by atoms with van der Waals surface area (Å²) in [5.41, 5.74) is 1.30. The molecular weight excluding hydrogens is 271 g/mol. The summed E-state index contributed by atoms with van der Waals surface area (Å²) < 4.78 is 15.6. The first-order valence-corrected chi connectivity index (χ1v) is 6.70. The number of pyridine rings is 1. The first-order chi connectivity index (χ1) is 9.90. The van der Waals surface area contributed by atoms with Crippen molar-refractivity contribution in [3.05, 3.63) is 63.3 Å². The van der Waals surface area contributed by atoms with Gasteiger partial charge in [-0.15, -0.1) is 0 Å². The van der Waals surface area contributed by atoms with E-state index in [0.717, 1.165) is 0 Å². The molecule has 0 saturated carbocycles. The number of hydrogen-bond acceptors (Lipinski definition) is 3. The highest BCUT2D eigenvalue weighted by molar-refractivity contribution is 5.31. The maximum absolute atomic E-state index is 13.8. The Hall–Kier alpha value is -2.14. The highest BCUT2D eigenvalue weighted by Crippen LogP contribution is 2.19. The fourth-order valence-electron chi connectivity index (χ4n) is 2.30. The summed E-state index contributed by atoms with van der Waals surface area (Å²) in [6, 6.07) is 7.87. The van der Waals surface area contributed by atoms with Gasteiger partial charge >= 0.3 is 0 Å². The first-order valence-electron chi connectivity index (χ1n) is 6.70. The molecule has 0 spiro atoms. The van der Waals surface area contributed by atoms with Crippen molar-refractivity contribution < 1.29 is 9.50 Å². The van der Waals surface area contributed by atoms with Crippen LogP contribution in [-0.4, -0.2) is 28.7 Å². The first kappa shape index (κ1) is 15.3. The molecule has 21 heavy (non-hydrogen) atoms. The maximum Gasteiger partial charge on any atom is 0.223 e. The van der Waals surface area contributed by atoms with Crippen LogP contribution >= 0.6 is 0 Å². The minimum atomic E-state index is -0.408. The van der Waals surface area contributed by atoms with Crippen LogP contribution in [0.3, 0.4) is 0 Å². The number of rotatable bonds is 4. The fourth-order valence-corrected chi connectivity index (χ4v) is 2.30. The summed E-state index contributed by atoms with van der Waals surface area (Å²) in [5.74, 6) is -0.573. The van der Waals surface area contributed by atoms with Gasteiger partial charge in [-0.05, 0) is 27.1 Å². The molecule has 5 heteroatoms. The number of benzene rings is 1. The van der Waals surface area contributed by atoms with Crippen LogP contribution in [0.4, 0.5) is 4.39 Å². The third-order valence-electron chi connectivity index (χ3n) is 3.35. The lowest BCUT2D eigenvalue weighted by Crippen LogP contribution is -2.22. The second kappa shape index (κ2) is 6.10. The second-order valence-electron chi connectivity index (χ2n) is 5.36. The zero-order valence-electron chi connectivity index (χ0n) is 12.4. The van der Waals surface area contributed by atoms with Crippen LogP contribution in [0.5, 0.6) is 5.75 Å². The van der Waals surface area contributed by atoms with Crippen molar-refractivity contribution in [1.29, 1.82) is 0 Å². The van der Waals surface area contributed by atoms with Gasteiger partial charge in [0.2, 0.25) is 5.43 Å². The Balaban J connectivity index is 2.54. The van der Waals surface area contributed by atoms with Crippen LogP contribution < -0.4 is 5.43 Å². The molecule has 1 aromatic carbocycles. The molecule has 0 aliphatic heterocycles. The average molecular weight is 290 g/mol. The Morgan fingerprint density at radius 3 is 2.57 bits per heavy atom. The monoisotopic (exact) mass is 290 g/mol. The summed E-state index contributed by atoms with van der Waals surface area (Å²) in [7, 11) is 3.69. The molecule has 0 unspecified atom stereocenters. The molecule has 1 heterocycles. The summed E-state index contributed by atoms with van der Waals surface area (Å²) in [4.78, 5) is 13.6. The third kappa shape index (κ3) is 3.31. The number of aromatic hydroxyl groups is 1. The van der Waals surface area contributed by atoms with E-state index in [1.807, 2.05) is 19.0 Å². The lowest BCUT2D eigenvalue weighted by molar-refractivity contribution is 0.364. The Morgan fingerprint density at radius 2 is 1.95 bits per heavy atom. The van der Waals surface area contributed by atoms with E-state index in [0.29, 0.717) is 23.5 Å². The number of aromatic nitrogens is 1. The normalized spacial score (nSPS) is 11.1. The highest BCUT2D eigenvalue weighted by atomic mass is 19.1. The lowest BCUT2D eigenvalue weighted by Gasteiger charge is -2.20. The van der Waals surface area contributed by atoms with Crippen molar-refractivity contribution in [3.8, 4) is 5.75 Å². The molecule has 0 radical (unpaired) electrons. The van der Waals surface area contributed by atoms with Crippen LogP contribution in [-0.2, 0) is 13.1 Å². The Labute approximate surface area is 123 Å². The largest absolute Gasteiger partial charge is 0.503 e. The van der Waals surface area contributed by atoms with Gasteiger partial charge in [-0.2, -0.15) is 0 Å². The molecule has 0 bridgehead atoms. The zero-order valence-corrected chi connectivity index (χ0v) is 12.4. The molecular formula is C16H19FN2O2. The van der Waals surface area contributed by atoms with Crippen molar-refractivity contribution >= 4 is 0 Å². The van der Waals surface area contributed by atoms with Crippen LogP contribution in [0.2, 0.25) is 0 Å². The van der Waals surface area contributed by atoms with Crippen LogP contribution in [0, 0.1) is 12.7 Å². The van der Waals surface area contributed by atoms with E-state index in [2.05, 4.69) is 0 Å². The minimum absolute atomic E-state index is 0.273. The van der Waals surface area contributed by atoms with Gasteiger partial charge in [-0.3, -0.25) is 4.79 Å². The molecule has 0 atom stereocenters. The molecule has 0 aliphatic carbocycles. The third-order valence-corrected chi connectivity index (χ3v) is 3.35. The van der Waals surface area contributed by atoms with Gasteiger partial charge in [0.25, 0.3) is 0 Å². The summed E-state index contributed by atoms with van der Waals surface area (Å²) in [6.07, 6.45) is 0. The number of aryl methyl sites for hydroxylation is 1. The van der Waals surface area contributed by atoms with Crippen LogP contribution in [0.15, 0.2) is 35.1 Å². The van der Waals surface area contributed by atoms with Gasteiger partial charge in [-0.1, -0.05) is 18.2 Å². The SMILES string of the molecule is Cc1cc(=O)c(O)c(CN(C)C)n1Cc1ccccc1F. The minimum Gasteiger partial charge on any atom is -0.503 e. The molecule has 0 amide bonds. The van der Waals surface area contributed by atoms with E-state index in [4.69, 9.17) is 0 Å². The number of nitrogens with zero attached hydrogens (tertiary/aromatic N) is 2. The van der Waals surface area contributed by atoms with Crippen LogP contribution in [0.25, 0.3) is 0 Å². The number of hydrogen-bond donors (Lipinski definition) is 1. The second-order valence-corrected chi connectivity index (χ2v) is 5.36. The fraction of sp³-hybridized carbons (Fsp3) is 0.312. The van der Waals surface area contributed by atoms with E-state index < -0.39 is 5.43 Å². The highest BCUT2D eigenvalue weighted by Gasteiger charge is 2.15. The predicted molar refractivity (Wildman–Crippen MR) is 80.0 cm³/mol. The smallest absolute Gasteiger partial charge is 0.223 e. The average Bonchev–Trinajstić information content (AvgIpc) is 2.41. The standard InChI is InChI=1S/C16H19FN2O2/c1-11-8-15(20)16(21)14(10-18(2)3)19(11)9-12-6-4-5-7-13(12)17/h4-8,21H,9-10H2,1-3H3. The molecule has 2 aromatic rings. The molecule has 0 fully saturated rings. The van der Waals surface area contributed by atoms with Crippen molar-refractivity contribution in [1.82, 2.24) is 9.47 Å². The molecule has 1 aromatic heterocycles. The van der Waals surface area contributed by atoms with Gasteiger partial charge in [0, 0.05) is 23.9 Å². The molecule has 0 saturated heterocycles. The summed E-state index contributed by atoms with van der Waals surface area (Å²) in [6.45, 7) is 2.45. The predicted octanol–water partition coefficient (Wildman–Crippen LogP) is 2.11. The lowest BCUT2D eigenvalue weighted by atomic mass is 10.1. The molecule has 112 valence electrons. The van der Waals surface area contributed by atoms with Crippen molar-refractivity contribution in [2.45, 2.75) is 20.0 Å². The topological polar surface area (TPSA) is 45.5 Å². The van der Waals surface area contributed by atoms with Gasteiger partial charge in [0.05, 0.1) is 12.2 Å². The van der Waals surface area contributed by atoms with E-state index in [1.165, 1.54) is 12.1 Å². The molecule has 0 aliphatic rings. The molecule has 1 N–H and O–H groups in total. The quantitative estimate of drug-likeness (QED) is 0.938. The Kier molecular flexibility index (Phi) is 4.43. The van der Waals surface area contributed by atoms with Gasteiger partial charge in [0.1, 0.15) is 5.82 Å². The Morgan fingerprint density at radius 1 is 1.29 bits per heavy atom. The van der Waals surface area contributed by atoms with E-state index >= 15 is 0 Å². The van der Waals surface area contributed by atoms with E-state index in [1.54, 1.807) is 29.7 Å². The van der Waals surface area contributed by atoms with Crippen molar-refractivity contribution in [2.75, 3.05) is 14.1 Å². The van der Waals surface area contributed by atoms with Crippen molar-refractivity contribution in [2.24, 2.45) is 0 Å². The van der Waals surface area contributed by atoms with Gasteiger partial charge < -0.3 is 14.6 Å². The van der Waals surface area contributed by atoms with Gasteiger partial charge in [-0.25, -0.2) is 4.39 Å². The molecule has 4 nitrogen and oxygen atoms in total. The summed E-state index contributed by atoms with van der Waals surface area (Å²) >= 11 is 0. The maximum atomic E-state index is 13.8.